The van der Waals surface area contributed by atoms with E-state index in [4.69, 9.17) is 18.9 Å². The van der Waals surface area contributed by atoms with E-state index in [1.54, 1.807) is 62.3 Å². The second kappa shape index (κ2) is 24.2. The molecule has 15 heteroatoms. The minimum absolute atomic E-state index is 0.103. The molecule has 4 unspecified atom stereocenters. The van der Waals surface area contributed by atoms with Gasteiger partial charge in [-0.1, -0.05) is 44.2 Å². The maximum absolute atomic E-state index is 13.8. The van der Waals surface area contributed by atoms with E-state index in [0.29, 0.717) is 38.8 Å². The number of carbonyl (C=O) groups excluding carboxylic acids is 6. The van der Waals surface area contributed by atoms with Crippen LogP contribution in [0.1, 0.15) is 127 Å². The Morgan fingerprint density at radius 1 is 0.571 bits per heavy atom. The maximum Gasteiger partial charge on any atom is 0.408 e. The molecule has 0 aliphatic heterocycles. The predicted octanol–water partition coefficient (Wildman–Crippen LogP) is 6.28. The molecule has 4 atom stereocenters. The van der Waals surface area contributed by atoms with Crippen molar-refractivity contribution in [2.24, 2.45) is 11.8 Å². The van der Waals surface area contributed by atoms with Gasteiger partial charge in [-0.25, -0.2) is 14.4 Å². The van der Waals surface area contributed by atoms with Crippen LogP contribution in [-0.4, -0.2) is 84.6 Å². The van der Waals surface area contributed by atoms with Crippen molar-refractivity contribution in [3.63, 3.8) is 0 Å². The Morgan fingerprint density at radius 2 is 1.04 bits per heavy atom. The summed E-state index contributed by atoms with van der Waals surface area (Å²) in [5.41, 5.74) is -1.21. The van der Waals surface area contributed by atoms with Gasteiger partial charge in [-0.2, -0.15) is 0 Å². The molecule has 0 aliphatic carbocycles. The third-order valence-corrected chi connectivity index (χ3v) is 8.12. The summed E-state index contributed by atoms with van der Waals surface area (Å²) in [7, 11) is 0. The minimum Gasteiger partial charge on any atom is -0.461 e. The molecule has 0 aliphatic rings. The first-order chi connectivity index (χ1) is 25.9. The molecule has 5 N–H and O–H groups in total. The summed E-state index contributed by atoms with van der Waals surface area (Å²) in [5, 5.41) is 13.8. The first-order valence-electron chi connectivity index (χ1n) is 19.6. The van der Waals surface area contributed by atoms with Crippen LogP contribution in [0.15, 0.2) is 30.3 Å². The molecule has 0 radical (unpaired) electrons. The molecule has 0 saturated carbocycles. The maximum atomic E-state index is 13.8. The molecule has 0 aromatic heterocycles. The number of hydrogen-bond donors (Lipinski definition) is 5. The molecular weight excluding hydrogens is 722 g/mol. The van der Waals surface area contributed by atoms with Gasteiger partial charge in [0.25, 0.3) is 0 Å². The first kappa shape index (κ1) is 49.5. The zero-order valence-corrected chi connectivity index (χ0v) is 35.6. The normalized spacial score (nSPS) is 13.8. The quantitative estimate of drug-likeness (QED) is 0.0537. The smallest absolute Gasteiger partial charge is 0.408 e. The number of ether oxygens (including phenoxy) is 4. The van der Waals surface area contributed by atoms with Gasteiger partial charge in [0.15, 0.2) is 0 Å². The van der Waals surface area contributed by atoms with Crippen LogP contribution in [0.25, 0.3) is 0 Å². The SMILES string of the molecule is CC(CNC(=O)C(CCCCNC(=O)OC(C)(C)C)NC(=O)C(CCCCNC(=O)OC(C)(C)C)NC(=O)OC(C)(C)C)C(C)CC(=O)OCc1ccccc1. The Balaban J connectivity index is 2.96. The van der Waals surface area contributed by atoms with Crippen molar-refractivity contribution in [1.29, 1.82) is 0 Å². The molecule has 0 saturated heterocycles. The van der Waals surface area contributed by atoms with E-state index < -0.39 is 59.0 Å². The zero-order valence-electron chi connectivity index (χ0n) is 35.6. The fraction of sp³-hybridized carbons (Fsp3) is 0.707. The van der Waals surface area contributed by atoms with Crippen molar-refractivity contribution in [2.45, 2.75) is 157 Å². The zero-order chi connectivity index (χ0) is 42.5. The first-order valence-corrected chi connectivity index (χ1v) is 19.6. The van der Waals surface area contributed by atoms with Gasteiger partial charge in [-0.05, 0) is 118 Å². The molecule has 1 rings (SSSR count). The van der Waals surface area contributed by atoms with Crippen molar-refractivity contribution < 1.29 is 47.7 Å². The van der Waals surface area contributed by atoms with Gasteiger partial charge in [0.1, 0.15) is 35.5 Å². The monoisotopic (exact) mass is 792 g/mol. The molecule has 56 heavy (non-hydrogen) atoms. The van der Waals surface area contributed by atoms with Gasteiger partial charge in [0.2, 0.25) is 11.8 Å². The molecule has 1 aromatic carbocycles. The average molecular weight is 792 g/mol. The van der Waals surface area contributed by atoms with Gasteiger partial charge in [-0.15, -0.1) is 0 Å². The number of unbranched alkanes of at least 4 members (excludes halogenated alkanes) is 2. The molecule has 0 fully saturated rings. The highest BCUT2D eigenvalue weighted by Crippen LogP contribution is 2.17. The third-order valence-electron chi connectivity index (χ3n) is 8.12. The largest absolute Gasteiger partial charge is 0.461 e. The predicted molar refractivity (Wildman–Crippen MR) is 213 cm³/mol. The fourth-order valence-electron chi connectivity index (χ4n) is 5.06. The lowest BCUT2D eigenvalue weighted by Crippen LogP contribution is -2.54. The highest BCUT2D eigenvalue weighted by molar-refractivity contribution is 5.91. The van der Waals surface area contributed by atoms with Crippen LogP contribution in [0, 0.1) is 11.8 Å². The van der Waals surface area contributed by atoms with E-state index in [1.165, 1.54) is 0 Å². The van der Waals surface area contributed by atoms with E-state index in [0.717, 1.165) is 5.56 Å². The Hall–Kier alpha value is -4.56. The summed E-state index contributed by atoms with van der Waals surface area (Å²) >= 11 is 0. The summed E-state index contributed by atoms with van der Waals surface area (Å²) in [6.07, 6.45) is 0.611. The molecule has 318 valence electrons. The van der Waals surface area contributed by atoms with Crippen LogP contribution in [0.5, 0.6) is 0 Å². The van der Waals surface area contributed by atoms with Crippen molar-refractivity contribution in [1.82, 2.24) is 26.6 Å². The molecule has 5 amide bonds. The Kier molecular flexibility index (Phi) is 21.3. The topological polar surface area (TPSA) is 199 Å². The van der Waals surface area contributed by atoms with Gasteiger partial charge in [0, 0.05) is 26.1 Å². The summed E-state index contributed by atoms with van der Waals surface area (Å²) in [4.78, 5) is 76.8. The second-order valence-corrected chi connectivity index (χ2v) is 17.2. The third kappa shape index (κ3) is 24.8. The van der Waals surface area contributed by atoms with E-state index in [-0.39, 0.29) is 50.2 Å². The van der Waals surface area contributed by atoms with Gasteiger partial charge in [0.05, 0.1) is 0 Å². The van der Waals surface area contributed by atoms with E-state index >= 15 is 0 Å². The fourth-order valence-corrected chi connectivity index (χ4v) is 5.06. The number of carbonyl (C=O) groups is 6. The van der Waals surface area contributed by atoms with Gasteiger partial charge in [-0.3, -0.25) is 14.4 Å². The van der Waals surface area contributed by atoms with Crippen LogP contribution < -0.4 is 26.6 Å². The lowest BCUT2D eigenvalue weighted by atomic mass is 9.92. The standard InChI is InChI=1S/C41H69N5O10/c1-28(25-33(47)53-27-30-19-13-12-14-20-30)29(2)26-44-34(48)31(21-15-17-23-42-36(50)54-39(3,4)5)45-35(49)32(46-38(52)56-41(9,10)11)22-16-18-24-43-37(51)55-40(6,7)8/h12-14,19-20,28-29,31-32H,15-18,21-27H2,1-11H3,(H,42,50)(H,43,51)(H,44,48)(H,45,49)(H,46,52). The molecule has 0 spiro atoms. The molecule has 1 aromatic rings. The van der Waals surface area contributed by atoms with E-state index in [2.05, 4.69) is 26.6 Å². The Bertz CT molecular complexity index is 1390. The van der Waals surface area contributed by atoms with Crippen LogP contribution in [0.2, 0.25) is 0 Å². The number of benzene rings is 1. The van der Waals surface area contributed by atoms with E-state index in [9.17, 15) is 28.8 Å². The Labute approximate surface area is 333 Å². The number of nitrogens with one attached hydrogen (secondary N) is 5. The van der Waals surface area contributed by atoms with Gasteiger partial charge < -0.3 is 45.5 Å². The molecular formula is C41H69N5O10. The summed E-state index contributed by atoms with van der Waals surface area (Å²) in [6, 6.07) is 7.38. The average Bonchev–Trinajstić information content (AvgIpc) is 3.06. The van der Waals surface area contributed by atoms with Crippen LogP contribution in [0.3, 0.4) is 0 Å². The second-order valence-electron chi connectivity index (χ2n) is 17.2. The van der Waals surface area contributed by atoms with Gasteiger partial charge >= 0.3 is 24.2 Å². The van der Waals surface area contributed by atoms with Crippen LogP contribution in [-0.2, 0) is 39.9 Å². The highest BCUT2D eigenvalue weighted by Gasteiger charge is 2.29. The molecule has 0 bridgehead atoms. The number of esters is 1. The Morgan fingerprint density at radius 3 is 1.52 bits per heavy atom. The number of alkyl carbamates (subject to hydrolysis) is 3. The highest BCUT2D eigenvalue weighted by atomic mass is 16.6. The van der Waals surface area contributed by atoms with Crippen molar-refractivity contribution in [2.75, 3.05) is 19.6 Å². The number of amides is 5. The van der Waals surface area contributed by atoms with Crippen molar-refractivity contribution in [3.05, 3.63) is 35.9 Å². The lowest BCUT2D eigenvalue weighted by Gasteiger charge is -2.26. The summed E-state index contributed by atoms with van der Waals surface area (Å²) < 4.78 is 21.4. The number of rotatable bonds is 21. The van der Waals surface area contributed by atoms with Crippen LogP contribution in [0.4, 0.5) is 14.4 Å². The van der Waals surface area contributed by atoms with Crippen molar-refractivity contribution in [3.8, 4) is 0 Å². The summed E-state index contributed by atoms with van der Waals surface area (Å²) in [5.74, 6) is -1.56. The summed E-state index contributed by atoms with van der Waals surface area (Å²) in [6.45, 7) is 20.6. The minimum atomic E-state index is -1.05. The lowest BCUT2D eigenvalue weighted by molar-refractivity contribution is -0.146. The van der Waals surface area contributed by atoms with Crippen molar-refractivity contribution >= 4 is 36.1 Å². The van der Waals surface area contributed by atoms with Crippen LogP contribution >= 0.6 is 0 Å². The molecule has 15 nitrogen and oxygen atoms in total. The van der Waals surface area contributed by atoms with E-state index in [1.807, 2.05) is 44.2 Å². The molecule has 0 heterocycles. The number of hydrogen-bond acceptors (Lipinski definition) is 10.